The smallest absolute Gasteiger partial charge is 0.328 e. The molecule has 4 saturated heterocycles. The first-order valence-corrected chi connectivity index (χ1v) is 16.4. The van der Waals surface area contributed by atoms with Crippen molar-refractivity contribution in [1.29, 1.82) is 0 Å². The molecule has 244 valence electrons. The van der Waals surface area contributed by atoms with Crippen molar-refractivity contribution in [2.24, 2.45) is 5.92 Å². The molecule has 0 saturated carbocycles. The Hall–Kier alpha value is -3.86. The first kappa shape index (κ1) is 30.8. The zero-order chi connectivity index (χ0) is 32.3. The quantitative estimate of drug-likeness (QED) is 0.370. The standard InChI is InChI=1S/C36H45N5O5/c1-23-18-38(19-24(2)46-23)14-15-40-34(43)36-22-39(20-25-10-13-33(45-5)32(42)16-25)21-26(36)17-31(41(36)35(40)44)29-11-12-30(37(3)4)28-9-7-6-8-27(28)29/h6-13,16,23-24,26,31,42H,14-15,17-22H2,1-5H3/t23?,24?,26-,31+,36+/m1/s1. The van der Waals surface area contributed by atoms with Gasteiger partial charge in [0, 0.05) is 76.9 Å². The topological polar surface area (TPSA) is 89.0 Å². The minimum Gasteiger partial charge on any atom is -0.504 e. The molecule has 4 aliphatic rings. The van der Waals surface area contributed by atoms with Gasteiger partial charge in [0.25, 0.3) is 5.91 Å². The molecule has 3 amide bonds. The molecule has 0 aliphatic carbocycles. The lowest BCUT2D eigenvalue weighted by atomic mass is 9.87. The highest BCUT2D eigenvalue weighted by atomic mass is 16.5. The Morgan fingerprint density at radius 1 is 0.957 bits per heavy atom. The molecule has 0 bridgehead atoms. The number of morpholine rings is 1. The van der Waals surface area contributed by atoms with Gasteiger partial charge < -0.3 is 24.4 Å². The van der Waals surface area contributed by atoms with E-state index in [1.165, 1.54) is 12.0 Å². The van der Waals surface area contributed by atoms with E-state index < -0.39 is 5.54 Å². The van der Waals surface area contributed by atoms with E-state index in [1.54, 1.807) is 12.1 Å². The Balaban J connectivity index is 1.22. The van der Waals surface area contributed by atoms with Crippen LogP contribution in [0.2, 0.25) is 0 Å². The van der Waals surface area contributed by atoms with Gasteiger partial charge in [-0.25, -0.2) is 4.79 Å². The molecule has 4 aliphatic heterocycles. The number of likely N-dealkylation sites (tertiary alicyclic amines) is 1. The number of carbonyl (C=O) groups is 2. The number of fused-ring (bicyclic) bond motifs is 1. The molecule has 1 spiro atoms. The van der Waals surface area contributed by atoms with E-state index in [4.69, 9.17) is 9.47 Å². The third-order valence-electron chi connectivity index (χ3n) is 10.5. The molecule has 7 rings (SSSR count). The number of methoxy groups -OCH3 is 1. The summed E-state index contributed by atoms with van der Waals surface area (Å²) in [6.07, 6.45) is 0.950. The summed E-state index contributed by atoms with van der Waals surface area (Å²) in [6, 6.07) is 17.7. The van der Waals surface area contributed by atoms with Crippen LogP contribution in [0.3, 0.4) is 0 Å². The van der Waals surface area contributed by atoms with Crippen molar-refractivity contribution in [2.45, 2.75) is 50.6 Å². The third-order valence-corrected chi connectivity index (χ3v) is 10.5. The molecular weight excluding hydrogens is 582 g/mol. The van der Waals surface area contributed by atoms with Crippen molar-refractivity contribution >= 4 is 28.4 Å². The second kappa shape index (κ2) is 11.7. The highest BCUT2D eigenvalue weighted by Crippen LogP contribution is 2.56. The predicted molar refractivity (Wildman–Crippen MR) is 177 cm³/mol. The number of urea groups is 1. The number of imide groups is 1. The number of hydrogen-bond donors (Lipinski definition) is 1. The monoisotopic (exact) mass is 627 g/mol. The number of ether oxygens (including phenoxy) is 2. The molecule has 5 atom stereocenters. The average molecular weight is 628 g/mol. The van der Waals surface area contributed by atoms with Crippen LogP contribution < -0.4 is 9.64 Å². The van der Waals surface area contributed by atoms with Gasteiger partial charge in [-0.15, -0.1) is 0 Å². The fraction of sp³-hybridized carbons (Fsp3) is 0.500. The summed E-state index contributed by atoms with van der Waals surface area (Å²) in [5.41, 5.74) is 2.23. The number of amides is 3. The predicted octanol–water partition coefficient (Wildman–Crippen LogP) is 4.31. The van der Waals surface area contributed by atoms with Gasteiger partial charge in [-0.3, -0.25) is 19.5 Å². The Labute approximate surface area is 271 Å². The van der Waals surface area contributed by atoms with Crippen LogP contribution in [0.25, 0.3) is 10.8 Å². The SMILES string of the molecule is COc1ccc(CN2C[C@H]3C[C@@H](c4ccc(N(C)C)c5ccccc45)N4C(=O)N(CCN5CC(C)OC(C)C5)C(=O)[C@]34C2)cc1O. The van der Waals surface area contributed by atoms with Crippen LogP contribution in [0.15, 0.2) is 54.6 Å². The fourth-order valence-corrected chi connectivity index (χ4v) is 8.66. The van der Waals surface area contributed by atoms with Crippen LogP contribution in [0.4, 0.5) is 10.5 Å². The van der Waals surface area contributed by atoms with E-state index in [2.05, 4.69) is 64.9 Å². The van der Waals surface area contributed by atoms with Crippen molar-refractivity contribution in [3.63, 3.8) is 0 Å². The lowest BCUT2D eigenvalue weighted by Crippen LogP contribution is -2.52. The summed E-state index contributed by atoms with van der Waals surface area (Å²) in [6.45, 7) is 8.42. The highest BCUT2D eigenvalue weighted by Gasteiger charge is 2.70. The normalized spacial score (nSPS) is 28.3. The highest BCUT2D eigenvalue weighted by molar-refractivity contribution is 6.09. The minimum absolute atomic E-state index is 0.0125. The zero-order valence-corrected chi connectivity index (χ0v) is 27.5. The number of anilines is 1. The zero-order valence-electron chi connectivity index (χ0n) is 27.5. The molecular formula is C36H45N5O5. The minimum atomic E-state index is -0.927. The maximum absolute atomic E-state index is 14.7. The third kappa shape index (κ3) is 4.98. The first-order chi connectivity index (χ1) is 22.1. The molecule has 3 aromatic rings. The number of rotatable bonds is 8. The molecule has 3 aromatic carbocycles. The molecule has 0 radical (unpaired) electrons. The second-order valence-electron chi connectivity index (χ2n) is 13.8. The van der Waals surface area contributed by atoms with Gasteiger partial charge in [0.2, 0.25) is 0 Å². The van der Waals surface area contributed by atoms with Crippen LogP contribution in [0, 0.1) is 5.92 Å². The van der Waals surface area contributed by atoms with Crippen LogP contribution in [-0.2, 0) is 16.1 Å². The average Bonchev–Trinajstić information content (AvgIpc) is 3.59. The van der Waals surface area contributed by atoms with Gasteiger partial charge in [0.15, 0.2) is 11.5 Å². The summed E-state index contributed by atoms with van der Waals surface area (Å²) in [4.78, 5) is 39.3. The van der Waals surface area contributed by atoms with E-state index in [0.29, 0.717) is 38.5 Å². The second-order valence-corrected chi connectivity index (χ2v) is 13.8. The number of aromatic hydroxyl groups is 1. The van der Waals surface area contributed by atoms with Gasteiger partial charge >= 0.3 is 6.03 Å². The Morgan fingerprint density at radius 3 is 2.39 bits per heavy atom. The van der Waals surface area contributed by atoms with Crippen molar-refractivity contribution in [2.75, 3.05) is 65.4 Å². The van der Waals surface area contributed by atoms with Gasteiger partial charge in [-0.2, -0.15) is 0 Å². The first-order valence-electron chi connectivity index (χ1n) is 16.4. The molecule has 1 N–H and O–H groups in total. The summed E-state index contributed by atoms with van der Waals surface area (Å²) in [5, 5.41) is 12.7. The van der Waals surface area contributed by atoms with Crippen LogP contribution in [0.1, 0.15) is 37.4 Å². The summed E-state index contributed by atoms with van der Waals surface area (Å²) in [7, 11) is 5.63. The summed E-state index contributed by atoms with van der Waals surface area (Å²) in [5.74, 6) is 0.436. The largest absolute Gasteiger partial charge is 0.504 e. The molecule has 10 nitrogen and oxygen atoms in total. The van der Waals surface area contributed by atoms with E-state index in [1.807, 2.05) is 25.1 Å². The molecule has 0 aromatic heterocycles. The lowest BCUT2D eigenvalue weighted by Gasteiger charge is -2.35. The molecule has 2 unspecified atom stereocenters. The van der Waals surface area contributed by atoms with E-state index in [-0.39, 0.29) is 41.9 Å². The summed E-state index contributed by atoms with van der Waals surface area (Å²) >= 11 is 0. The maximum Gasteiger partial charge on any atom is 0.328 e. The van der Waals surface area contributed by atoms with Crippen molar-refractivity contribution in [3.8, 4) is 11.5 Å². The van der Waals surface area contributed by atoms with Gasteiger partial charge in [-0.1, -0.05) is 36.4 Å². The maximum atomic E-state index is 14.7. The number of phenolic OH excluding ortho intramolecular Hbond substituents is 1. The number of benzene rings is 3. The molecule has 4 fully saturated rings. The van der Waals surface area contributed by atoms with Crippen LogP contribution in [-0.4, -0.2) is 115 Å². The van der Waals surface area contributed by atoms with Gasteiger partial charge in [0.05, 0.1) is 25.4 Å². The number of carbonyl (C=O) groups excluding carboxylic acids is 2. The number of phenols is 1. The lowest BCUT2D eigenvalue weighted by molar-refractivity contribution is -0.133. The van der Waals surface area contributed by atoms with Crippen molar-refractivity contribution < 1.29 is 24.2 Å². The van der Waals surface area contributed by atoms with Gasteiger partial charge in [0.1, 0.15) is 5.54 Å². The van der Waals surface area contributed by atoms with E-state index in [9.17, 15) is 14.7 Å². The number of hydrogen-bond acceptors (Lipinski definition) is 8. The van der Waals surface area contributed by atoms with E-state index in [0.717, 1.165) is 47.1 Å². The van der Waals surface area contributed by atoms with Crippen molar-refractivity contribution in [1.82, 2.24) is 19.6 Å². The van der Waals surface area contributed by atoms with Crippen LogP contribution >= 0.6 is 0 Å². The Morgan fingerprint density at radius 2 is 1.70 bits per heavy atom. The van der Waals surface area contributed by atoms with Crippen LogP contribution in [0.5, 0.6) is 11.5 Å². The number of nitrogens with zero attached hydrogens (tertiary/aromatic N) is 5. The van der Waals surface area contributed by atoms with Crippen molar-refractivity contribution in [3.05, 3.63) is 65.7 Å². The summed E-state index contributed by atoms with van der Waals surface area (Å²) < 4.78 is 11.2. The molecule has 4 heterocycles. The van der Waals surface area contributed by atoms with E-state index >= 15 is 0 Å². The fourth-order valence-electron chi connectivity index (χ4n) is 8.66. The molecule has 10 heteroatoms. The Kier molecular flexibility index (Phi) is 7.85. The Bertz CT molecular complexity index is 1650. The molecule has 46 heavy (non-hydrogen) atoms. The van der Waals surface area contributed by atoms with Gasteiger partial charge in [-0.05, 0) is 55.0 Å².